The van der Waals surface area contributed by atoms with E-state index in [0.29, 0.717) is 5.82 Å². The summed E-state index contributed by atoms with van der Waals surface area (Å²) in [5, 5.41) is 3.29. The highest BCUT2D eigenvalue weighted by atomic mass is 16.2. The Kier molecular flexibility index (Phi) is 4.77. The van der Waals surface area contributed by atoms with Gasteiger partial charge < -0.3 is 16.0 Å². The summed E-state index contributed by atoms with van der Waals surface area (Å²) in [4.78, 5) is 29.0. The van der Waals surface area contributed by atoms with Gasteiger partial charge in [-0.25, -0.2) is 4.98 Å². The third-order valence-corrected chi connectivity index (χ3v) is 3.58. The van der Waals surface area contributed by atoms with Gasteiger partial charge in [-0.05, 0) is 25.0 Å². The van der Waals surface area contributed by atoms with Gasteiger partial charge in [0.1, 0.15) is 11.5 Å². The number of nitrogens with zero attached hydrogens (tertiary/aromatic N) is 2. The Morgan fingerprint density at radius 1 is 1.43 bits per heavy atom. The number of hydrogen-bond donors (Lipinski definition) is 2. The van der Waals surface area contributed by atoms with Gasteiger partial charge in [0.25, 0.3) is 5.91 Å². The topological polar surface area (TPSA) is 88.3 Å². The van der Waals surface area contributed by atoms with Crippen molar-refractivity contribution < 1.29 is 9.59 Å². The van der Waals surface area contributed by atoms with Gasteiger partial charge in [0, 0.05) is 31.1 Å². The van der Waals surface area contributed by atoms with E-state index in [1.807, 2.05) is 18.7 Å². The predicted octanol–water partition coefficient (Wildman–Crippen LogP) is 1.04. The molecule has 6 heteroatoms. The molecule has 1 radical (unpaired) electrons. The number of pyridine rings is 1. The van der Waals surface area contributed by atoms with Crippen LogP contribution in [0.3, 0.4) is 0 Å². The van der Waals surface area contributed by atoms with Crippen molar-refractivity contribution in [3.05, 3.63) is 23.9 Å². The molecule has 1 aliphatic rings. The molecule has 3 N–H and O–H groups in total. The van der Waals surface area contributed by atoms with Crippen molar-refractivity contribution >= 4 is 17.6 Å². The van der Waals surface area contributed by atoms with E-state index in [1.54, 1.807) is 12.1 Å². The zero-order valence-electron chi connectivity index (χ0n) is 12.4. The summed E-state index contributed by atoms with van der Waals surface area (Å²) in [5.41, 5.74) is 5.32. The molecule has 0 aliphatic carbocycles. The van der Waals surface area contributed by atoms with Crippen molar-refractivity contribution in [2.24, 2.45) is 11.7 Å². The Balaban J connectivity index is 1.90. The first-order valence-corrected chi connectivity index (χ1v) is 7.21. The normalized spacial score (nSPS) is 16.0. The molecular formula is C15H21N4O2. The molecule has 1 aromatic heterocycles. The van der Waals surface area contributed by atoms with Crippen LogP contribution in [0.5, 0.6) is 0 Å². The fourth-order valence-electron chi connectivity index (χ4n) is 2.41. The number of carbonyl (C=O) groups is 2. The molecule has 1 fully saturated rings. The number of nitrogens with one attached hydrogen (secondary N) is 1. The van der Waals surface area contributed by atoms with Gasteiger partial charge in [-0.2, -0.15) is 0 Å². The summed E-state index contributed by atoms with van der Waals surface area (Å²) < 4.78 is 0. The number of piperidine rings is 1. The van der Waals surface area contributed by atoms with Gasteiger partial charge in [0.15, 0.2) is 0 Å². The molecule has 1 saturated heterocycles. The molecule has 2 amide bonds. The minimum atomic E-state index is -0.587. The standard InChI is InChI=1S/C15H21N4O2/c1-10(2)15(21)19-8-6-11(7-9-19)17-13-5-3-4-12(18-13)14(16)20/h3,5,10-11H,6-9H2,1-2H3,(H2,16,20)(H,17,18). The number of aromatic nitrogens is 1. The highest BCUT2D eigenvalue weighted by Gasteiger charge is 2.24. The zero-order valence-corrected chi connectivity index (χ0v) is 12.4. The molecule has 2 rings (SSSR count). The Hall–Kier alpha value is -2.11. The summed E-state index contributed by atoms with van der Waals surface area (Å²) in [5.74, 6) is 0.281. The fourth-order valence-corrected chi connectivity index (χ4v) is 2.41. The number of rotatable bonds is 4. The second-order valence-electron chi connectivity index (χ2n) is 5.59. The maximum Gasteiger partial charge on any atom is 0.268 e. The van der Waals surface area contributed by atoms with E-state index in [1.165, 1.54) is 0 Å². The number of amides is 2. The number of carbonyl (C=O) groups excluding carboxylic acids is 2. The van der Waals surface area contributed by atoms with E-state index >= 15 is 0 Å². The summed E-state index contributed by atoms with van der Waals surface area (Å²) in [6.45, 7) is 5.33. The van der Waals surface area contributed by atoms with Crippen LogP contribution in [0, 0.1) is 12.0 Å². The van der Waals surface area contributed by atoms with Crippen LogP contribution in [0.15, 0.2) is 12.1 Å². The quantitative estimate of drug-likeness (QED) is 0.867. The monoisotopic (exact) mass is 289 g/mol. The third kappa shape index (κ3) is 3.93. The fraction of sp³-hybridized carbons (Fsp3) is 0.533. The van der Waals surface area contributed by atoms with Crippen molar-refractivity contribution in [1.29, 1.82) is 0 Å². The van der Waals surface area contributed by atoms with Crippen molar-refractivity contribution in [3.8, 4) is 0 Å². The van der Waals surface area contributed by atoms with Gasteiger partial charge >= 0.3 is 0 Å². The highest BCUT2D eigenvalue weighted by Crippen LogP contribution is 2.17. The lowest BCUT2D eigenvalue weighted by molar-refractivity contribution is -0.135. The van der Waals surface area contributed by atoms with E-state index in [2.05, 4.69) is 16.4 Å². The summed E-state index contributed by atoms with van der Waals surface area (Å²) in [7, 11) is 0. The Labute approximate surface area is 124 Å². The van der Waals surface area contributed by atoms with Crippen molar-refractivity contribution in [2.75, 3.05) is 18.4 Å². The number of nitrogens with two attached hydrogens (primary N) is 1. The SMILES string of the molecule is CC(C)C(=O)N1CCC(Nc2cc[c]c(C(N)=O)n2)CC1. The summed E-state index contributed by atoms with van der Waals surface area (Å²) >= 11 is 0. The second kappa shape index (κ2) is 6.56. The number of primary amides is 1. The van der Waals surface area contributed by atoms with E-state index in [4.69, 9.17) is 5.73 Å². The minimum absolute atomic E-state index is 0.0407. The van der Waals surface area contributed by atoms with Crippen LogP contribution >= 0.6 is 0 Å². The molecule has 21 heavy (non-hydrogen) atoms. The van der Waals surface area contributed by atoms with Gasteiger partial charge in [0.2, 0.25) is 5.91 Å². The van der Waals surface area contributed by atoms with Crippen LogP contribution in [0.4, 0.5) is 5.82 Å². The van der Waals surface area contributed by atoms with Gasteiger partial charge in [-0.15, -0.1) is 0 Å². The van der Waals surface area contributed by atoms with Crippen LogP contribution in [0.1, 0.15) is 37.2 Å². The Bertz CT molecular complexity index is 522. The van der Waals surface area contributed by atoms with E-state index < -0.39 is 5.91 Å². The first-order chi connectivity index (χ1) is 9.97. The molecule has 0 saturated carbocycles. The average molecular weight is 289 g/mol. The van der Waals surface area contributed by atoms with Crippen molar-refractivity contribution in [2.45, 2.75) is 32.7 Å². The van der Waals surface area contributed by atoms with Crippen LogP contribution in [-0.2, 0) is 4.79 Å². The summed E-state index contributed by atoms with van der Waals surface area (Å²) in [6.07, 6.45) is 1.73. The second-order valence-corrected chi connectivity index (χ2v) is 5.59. The highest BCUT2D eigenvalue weighted by molar-refractivity contribution is 5.90. The third-order valence-electron chi connectivity index (χ3n) is 3.58. The molecule has 6 nitrogen and oxygen atoms in total. The maximum absolute atomic E-state index is 11.9. The van der Waals surface area contributed by atoms with Gasteiger partial charge in [-0.3, -0.25) is 9.59 Å². The number of likely N-dealkylation sites (tertiary alicyclic amines) is 1. The minimum Gasteiger partial charge on any atom is -0.367 e. The van der Waals surface area contributed by atoms with Crippen LogP contribution in [-0.4, -0.2) is 40.8 Å². The number of hydrogen-bond acceptors (Lipinski definition) is 4. The van der Waals surface area contributed by atoms with Crippen LogP contribution in [0.2, 0.25) is 0 Å². The molecule has 2 heterocycles. The van der Waals surface area contributed by atoms with Gasteiger partial charge in [-0.1, -0.05) is 13.8 Å². The molecule has 0 bridgehead atoms. The lowest BCUT2D eigenvalue weighted by Crippen LogP contribution is -2.44. The number of anilines is 1. The van der Waals surface area contributed by atoms with Crippen molar-refractivity contribution in [1.82, 2.24) is 9.88 Å². The zero-order chi connectivity index (χ0) is 15.4. The lowest BCUT2D eigenvalue weighted by Gasteiger charge is -2.33. The lowest BCUT2D eigenvalue weighted by atomic mass is 10.0. The molecule has 1 aliphatic heterocycles. The smallest absolute Gasteiger partial charge is 0.268 e. The predicted molar refractivity (Wildman–Crippen MR) is 79.7 cm³/mol. The first-order valence-electron chi connectivity index (χ1n) is 7.21. The van der Waals surface area contributed by atoms with E-state index in [0.717, 1.165) is 25.9 Å². The molecule has 0 spiro atoms. The Morgan fingerprint density at radius 2 is 2.10 bits per heavy atom. The molecule has 0 aromatic carbocycles. The molecule has 113 valence electrons. The summed E-state index contributed by atoms with van der Waals surface area (Å²) in [6, 6.07) is 6.34. The Morgan fingerprint density at radius 3 is 2.67 bits per heavy atom. The molecule has 1 aromatic rings. The molecule has 0 atom stereocenters. The maximum atomic E-state index is 11.9. The molecular weight excluding hydrogens is 268 g/mol. The first kappa shape index (κ1) is 15.3. The van der Waals surface area contributed by atoms with Crippen LogP contribution < -0.4 is 11.1 Å². The average Bonchev–Trinajstić information content (AvgIpc) is 2.47. The largest absolute Gasteiger partial charge is 0.367 e. The van der Waals surface area contributed by atoms with Gasteiger partial charge in [0.05, 0.1) is 0 Å². The van der Waals surface area contributed by atoms with E-state index in [9.17, 15) is 9.59 Å². The van der Waals surface area contributed by atoms with E-state index in [-0.39, 0.29) is 23.6 Å². The van der Waals surface area contributed by atoms with Crippen LogP contribution in [0.25, 0.3) is 0 Å². The van der Waals surface area contributed by atoms with Crippen molar-refractivity contribution in [3.63, 3.8) is 0 Å². The molecule has 0 unspecified atom stereocenters.